The van der Waals surface area contributed by atoms with E-state index in [1.165, 1.54) is 15.6 Å². The number of aromatic nitrogens is 2. The second kappa shape index (κ2) is 9.52. The number of aryl methyl sites for hydroxylation is 2. The van der Waals surface area contributed by atoms with E-state index in [-0.39, 0.29) is 30.4 Å². The highest BCUT2D eigenvalue weighted by Crippen LogP contribution is 2.34. The number of hydrogen-bond acceptors (Lipinski definition) is 6. The summed E-state index contributed by atoms with van der Waals surface area (Å²) in [6, 6.07) is 7.18. The van der Waals surface area contributed by atoms with Crippen LogP contribution >= 0.6 is 0 Å². The first-order valence-corrected chi connectivity index (χ1v) is 10.7. The van der Waals surface area contributed by atoms with Crippen molar-refractivity contribution in [1.29, 1.82) is 0 Å². The molecule has 1 aromatic heterocycles. The Morgan fingerprint density at radius 2 is 1.88 bits per heavy atom. The summed E-state index contributed by atoms with van der Waals surface area (Å²) in [5.41, 5.74) is 1.59. The molecule has 172 valence electrons. The van der Waals surface area contributed by atoms with Crippen molar-refractivity contribution >= 4 is 23.5 Å². The second-order valence-corrected chi connectivity index (χ2v) is 8.16. The fourth-order valence-electron chi connectivity index (χ4n) is 3.98. The molecule has 2 amide bonds. The first-order valence-electron chi connectivity index (χ1n) is 10.7. The predicted octanol–water partition coefficient (Wildman–Crippen LogP) is 2.25. The summed E-state index contributed by atoms with van der Waals surface area (Å²) < 4.78 is 11.5. The molecule has 0 saturated heterocycles. The average Bonchev–Trinajstić information content (AvgIpc) is 3.14. The van der Waals surface area contributed by atoms with E-state index in [0.29, 0.717) is 25.3 Å². The Morgan fingerprint density at radius 3 is 2.50 bits per heavy atom. The van der Waals surface area contributed by atoms with E-state index in [1.54, 1.807) is 21.0 Å². The smallest absolute Gasteiger partial charge is 0.358 e. The summed E-state index contributed by atoms with van der Waals surface area (Å²) in [6.45, 7) is 8.52. The molecular weight excluding hydrogens is 412 g/mol. The molecule has 2 aromatic rings. The van der Waals surface area contributed by atoms with Crippen molar-refractivity contribution < 1.29 is 23.9 Å². The molecule has 0 radical (unpaired) electrons. The zero-order chi connectivity index (χ0) is 23.5. The fraction of sp³-hybridized carbons (Fsp3) is 0.478. The van der Waals surface area contributed by atoms with Gasteiger partial charge in [-0.25, -0.2) is 4.79 Å². The van der Waals surface area contributed by atoms with Gasteiger partial charge in [-0.2, -0.15) is 5.10 Å². The number of carbonyl (C=O) groups is 3. The van der Waals surface area contributed by atoms with Gasteiger partial charge >= 0.3 is 5.97 Å². The minimum atomic E-state index is -1.25. The van der Waals surface area contributed by atoms with E-state index in [0.717, 1.165) is 11.1 Å². The summed E-state index contributed by atoms with van der Waals surface area (Å²) in [5, 5.41) is 7.18. The fourth-order valence-corrected chi connectivity index (χ4v) is 3.98. The Hall–Kier alpha value is -3.20. The molecule has 0 aliphatic carbocycles. The molecule has 0 bridgehead atoms. The molecule has 9 heteroatoms. The standard InChI is InChI=1S/C23H30N4O5/c1-6-32-21(29)18-13-19-20(28)27(17-11-15(2)10-16(3)12-17)23(4,14-26(19)25-18)22(30)24-8-7-9-31-5/h10-13H,6-9,14H2,1-5H3,(H,24,30). The topological polar surface area (TPSA) is 103 Å². The summed E-state index contributed by atoms with van der Waals surface area (Å²) in [6.07, 6.45) is 0.649. The molecule has 1 aliphatic heterocycles. The highest BCUT2D eigenvalue weighted by Gasteiger charge is 2.49. The third kappa shape index (κ3) is 4.52. The third-order valence-electron chi connectivity index (χ3n) is 5.40. The average molecular weight is 443 g/mol. The van der Waals surface area contributed by atoms with Crippen molar-refractivity contribution in [1.82, 2.24) is 15.1 Å². The summed E-state index contributed by atoms with van der Waals surface area (Å²) in [4.78, 5) is 40.7. The van der Waals surface area contributed by atoms with Crippen LogP contribution in [0.25, 0.3) is 0 Å². The zero-order valence-corrected chi connectivity index (χ0v) is 19.2. The van der Waals surface area contributed by atoms with Gasteiger partial charge in [0.2, 0.25) is 5.91 Å². The summed E-state index contributed by atoms with van der Waals surface area (Å²) >= 11 is 0. The molecule has 1 atom stereocenters. The van der Waals surface area contributed by atoms with Gasteiger partial charge in [-0.15, -0.1) is 0 Å². The first kappa shape index (κ1) is 23.5. The van der Waals surface area contributed by atoms with Gasteiger partial charge in [-0.1, -0.05) is 6.07 Å². The maximum Gasteiger partial charge on any atom is 0.358 e. The van der Waals surface area contributed by atoms with Crippen LogP contribution in [0.3, 0.4) is 0 Å². The Labute approximate surface area is 187 Å². The number of nitrogens with zero attached hydrogens (tertiary/aromatic N) is 3. The van der Waals surface area contributed by atoms with Crippen LogP contribution in [0, 0.1) is 13.8 Å². The number of ether oxygens (including phenoxy) is 2. The SMILES string of the molecule is CCOC(=O)c1cc2n(n1)CC(C)(C(=O)NCCCOC)N(c1cc(C)cc(C)c1)C2=O. The van der Waals surface area contributed by atoms with Crippen LogP contribution in [0.15, 0.2) is 24.3 Å². The van der Waals surface area contributed by atoms with Crippen molar-refractivity contribution in [3.63, 3.8) is 0 Å². The lowest BCUT2D eigenvalue weighted by atomic mass is 9.93. The van der Waals surface area contributed by atoms with Crippen molar-refractivity contribution in [3.05, 3.63) is 46.8 Å². The van der Waals surface area contributed by atoms with E-state index >= 15 is 0 Å². The van der Waals surface area contributed by atoms with Crippen LogP contribution in [-0.2, 0) is 20.8 Å². The minimum absolute atomic E-state index is 0.0420. The molecular formula is C23H30N4O5. The lowest BCUT2D eigenvalue weighted by Gasteiger charge is -2.43. The zero-order valence-electron chi connectivity index (χ0n) is 19.2. The van der Waals surface area contributed by atoms with Crippen molar-refractivity contribution in [2.45, 2.75) is 46.2 Å². The van der Waals surface area contributed by atoms with Crippen LogP contribution < -0.4 is 10.2 Å². The second-order valence-electron chi connectivity index (χ2n) is 8.16. The summed E-state index contributed by atoms with van der Waals surface area (Å²) in [5.74, 6) is -1.32. The largest absolute Gasteiger partial charge is 0.461 e. The Kier molecular flexibility index (Phi) is 6.98. The molecule has 1 unspecified atom stereocenters. The van der Waals surface area contributed by atoms with E-state index in [9.17, 15) is 14.4 Å². The minimum Gasteiger partial charge on any atom is -0.461 e. The van der Waals surface area contributed by atoms with Crippen molar-refractivity contribution in [3.8, 4) is 0 Å². The van der Waals surface area contributed by atoms with Gasteiger partial charge in [0.05, 0.1) is 13.2 Å². The lowest BCUT2D eigenvalue weighted by molar-refractivity contribution is -0.126. The number of carbonyl (C=O) groups excluding carboxylic acids is 3. The Morgan fingerprint density at radius 1 is 1.19 bits per heavy atom. The molecule has 1 N–H and O–H groups in total. The number of nitrogens with one attached hydrogen (secondary N) is 1. The van der Waals surface area contributed by atoms with Gasteiger partial charge in [-0.05, 0) is 57.4 Å². The number of hydrogen-bond donors (Lipinski definition) is 1. The maximum absolute atomic E-state index is 13.6. The van der Waals surface area contributed by atoms with Crippen LogP contribution in [0.4, 0.5) is 5.69 Å². The quantitative estimate of drug-likeness (QED) is 0.497. The number of methoxy groups -OCH3 is 1. The molecule has 0 saturated carbocycles. The number of amides is 2. The number of esters is 1. The number of anilines is 1. The van der Waals surface area contributed by atoms with Gasteiger partial charge in [-0.3, -0.25) is 19.2 Å². The molecule has 32 heavy (non-hydrogen) atoms. The van der Waals surface area contributed by atoms with Gasteiger partial charge in [0.25, 0.3) is 5.91 Å². The molecule has 0 spiro atoms. The van der Waals surface area contributed by atoms with E-state index < -0.39 is 17.4 Å². The maximum atomic E-state index is 13.6. The third-order valence-corrected chi connectivity index (χ3v) is 5.40. The molecule has 3 rings (SSSR count). The van der Waals surface area contributed by atoms with Gasteiger partial charge in [0, 0.05) is 32.0 Å². The Balaban J connectivity index is 2.05. The molecule has 1 aromatic carbocycles. The molecule has 1 aliphatic rings. The van der Waals surface area contributed by atoms with Crippen LogP contribution in [0.5, 0.6) is 0 Å². The highest BCUT2D eigenvalue weighted by atomic mass is 16.5. The highest BCUT2D eigenvalue weighted by molar-refractivity contribution is 6.12. The summed E-state index contributed by atoms with van der Waals surface area (Å²) in [7, 11) is 1.60. The van der Waals surface area contributed by atoms with Gasteiger partial charge in [0.15, 0.2) is 5.69 Å². The van der Waals surface area contributed by atoms with E-state index in [2.05, 4.69) is 10.4 Å². The van der Waals surface area contributed by atoms with Crippen molar-refractivity contribution in [2.75, 3.05) is 31.8 Å². The Bertz CT molecular complexity index is 1010. The number of benzene rings is 1. The molecule has 2 heterocycles. The monoisotopic (exact) mass is 442 g/mol. The van der Waals surface area contributed by atoms with Crippen molar-refractivity contribution in [2.24, 2.45) is 0 Å². The van der Waals surface area contributed by atoms with Crippen LogP contribution in [0.2, 0.25) is 0 Å². The first-order chi connectivity index (χ1) is 15.2. The van der Waals surface area contributed by atoms with Crippen LogP contribution in [-0.4, -0.2) is 60.0 Å². The predicted molar refractivity (Wildman–Crippen MR) is 119 cm³/mol. The van der Waals surface area contributed by atoms with Gasteiger partial charge in [0.1, 0.15) is 11.2 Å². The lowest BCUT2D eigenvalue weighted by Crippen LogP contribution is -2.64. The number of rotatable bonds is 8. The number of fused-ring (bicyclic) bond motifs is 1. The van der Waals surface area contributed by atoms with E-state index in [4.69, 9.17) is 9.47 Å². The normalized spacial score (nSPS) is 17.8. The van der Waals surface area contributed by atoms with E-state index in [1.807, 2.05) is 32.0 Å². The van der Waals surface area contributed by atoms with Crippen LogP contribution in [0.1, 0.15) is 52.4 Å². The van der Waals surface area contributed by atoms with Gasteiger partial charge < -0.3 is 14.8 Å². The molecule has 0 fully saturated rings. The molecule has 9 nitrogen and oxygen atoms in total.